The lowest BCUT2D eigenvalue weighted by molar-refractivity contribution is 0.306. The Balaban J connectivity index is 2.01. The predicted octanol–water partition coefficient (Wildman–Crippen LogP) is 4.52. The fraction of sp³-hybridized carbons (Fsp3) is 0.304. The molecular weight excluding hydrogens is 336 g/mol. The number of likely N-dealkylation sites (N-methyl/N-ethyl adjacent to an activating group) is 1. The highest BCUT2D eigenvalue weighted by Gasteiger charge is 2.13. The Bertz CT molecular complexity index is 1040. The van der Waals surface area contributed by atoms with Crippen LogP contribution in [0, 0.1) is 18.3 Å². The van der Waals surface area contributed by atoms with Crippen LogP contribution in [0.3, 0.4) is 0 Å². The standard InChI is InChI=1S/C23H24N2O2/c1-4-25(5-2)13-12-20-16(3)21-14-19(10-11-22(21)27-23(20)26)18-8-6-17(15-24)7-9-18/h6-11,14H,4-5,12-13H2,1-3H3. The van der Waals surface area contributed by atoms with Gasteiger partial charge in [-0.1, -0.05) is 32.0 Å². The summed E-state index contributed by atoms with van der Waals surface area (Å²) in [5.41, 5.74) is 4.83. The summed E-state index contributed by atoms with van der Waals surface area (Å²) in [5, 5.41) is 9.93. The van der Waals surface area contributed by atoms with Gasteiger partial charge in [-0.2, -0.15) is 5.26 Å². The molecule has 0 aliphatic carbocycles. The van der Waals surface area contributed by atoms with E-state index in [2.05, 4.69) is 30.9 Å². The van der Waals surface area contributed by atoms with Crippen molar-refractivity contribution in [3.63, 3.8) is 0 Å². The molecule has 4 nitrogen and oxygen atoms in total. The van der Waals surface area contributed by atoms with Crippen LogP contribution in [0.5, 0.6) is 0 Å². The van der Waals surface area contributed by atoms with Gasteiger partial charge in [0.25, 0.3) is 0 Å². The van der Waals surface area contributed by atoms with Crippen molar-refractivity contribution in [2.75, 3.05) is 19.6 Å². The lowest BCUT2D eigenvalue weighted by atomic mass is 9.98. The minimum Gasteiger partial charge on any atom is -0.423 e. The molecule has 2 aromatic carbocycles. The van der Waals surface area contributed by atoms with E-state index in [0.717, 1.165) is 47.3 Å². The molecule has 27 heavy (non-hydrogen) atoms. The van der Waals surface area contributed by atoms with Crippen LogP contribution in [-0.2, 0) is 6.42 Å². The van der Waals surface area contributed by atoms with Gasteiger partial charge in [0.2, 0.25) is 0 Å². The summed E-state index contributed by atoms with van der Waals surface area (Å²) in [6, 6.07) is 15.5. The number of nitrogens with zero attached hydrogens (tertiary/aromatic N) is 2. The third-order valence-electron chi connectivity index (χ3n) is 5.21. The third kappa shape index (κ3) is 3.94. The Morgan fingerprint density at radius 2 is 1.70 bits per heavy atom. The molecule has 138 valence electrons. The second kappa shape index (κ2) is 8.20. The normalized spacial score (nSPS) is 11.1. The number of fused-ring (bicyclic) bond motifs is 1. The molecule has 1 heterocycles. The monoisotopic (exact) mass is 360 g/mol. The summed E-state index contributed by atoms with van der Waals surface area (Å²) in [4.78, 5) is 14.8. The Morgan fingerprint density at radius 3 is 2.33 bits per heavy atom. The Hall–Kier alpha value is -2.90. The van der Waals surface area contributed by atoms with Gasteiger partial charge in [0.15, 0.2) is 0 Å². The van der Waals surface area contributed by atoms with E-state index in [1.807, 2.05) is 43.3 Å². The van der Waals surface area contributed by atoms with Crippen LogP contribution in [0.4, 0.5) is 0 Å². The summed E-state index contributed by atoms with van der Waals surface area (Å²) in [6.07, 6.45) is 0.687. The third-order valence-corrected chi connectivity index (χ3v) is 5.21. The number of nitriles is 1. The highest BCUT2D eigenvalue weighted by Crippen LogP contribution is 2.27. The number of aryl methyl sites for hydroxylation is 1. The van der Waals surface area contributed by atoms with Crippen molar-refractivity contribution < 1.29 is 4.42 Å². The van der Waals surface area contributed by atoms with Crippen molar-refractivity contribution in [2.45, 2.75) is 27.2 Å². The van der Waals surface area contributed by atoms with Gasteiger partial charge < -0.3 is 9.32 Å². The zero-order valence-electron chi connectivity index (χ0n) is 16.1. The predicted molar refractivity (Wildman–Crippen MR) is 109 cm³/mol. The first-order valence-corrected chi connectivity index (χ1v) is 9.36. The molecule has 0 radical (unpaired) electrons. The lowest BCUT2D eigenvalue weighted by Gasteiger charge is -2.18. The van der Waals surface area contributed by atoms with Crippen LogP contribution in [-0.4, -0.2) is 24.5 Å². The summed E-state index contributed by atoms with van der Waals surface area (Å²) in [7, 11) is 0. The number of hydrogen-bond donors (Lipinski definition) is 0. The van der Waals surface area contributed by atoms with Gasteiger partial charge in [-0.15, -0.1) is 0 Å². The van der Waals surface area contributed by atoms with Crippen LogP contribution in [0.2, 0.25) is 0 Å². The highest BCUT2D eigenvalue weighted by atomic mass is 16.4. The smallest absolute Gasteiger partial charge is 0.339 e. The minimum absolute atomic E-state index is 0.238. The van der Waals surface area contributed by atoms with Gasteiger partial charge in [-0.25, -0.2) is 4.79 Å². The first-order chi connectivity index (χ1) is 13.1. The van der Waals surface area contributed by atoms with Crippen molar-refractivity contribution in [3.05, 3.63) is 69.6 Å². The summed E-state index contributed by atoms with van der Waals surface area (Å²) in [6.45, 7) is 9.04. The van der Waals surface area contributed by atoms with Gasteiger partial charge in [-0.3, -0.25) is 0 Å². The van der Waals surface area contributed by atoms with Crippen molar-refractivity contribution in [2.24, 2.45) is 0 Å². The largest absolute Gasteiger partial charge is 0.423 e. The zero-order chi connectivity index (χ0) is 19.4. The second-order valence-corrected chi connectivity index (χ2v) is 6.67. The van der Waals surface area contributed by atoms with Gasteiger partial charge in [0.1, 0.15) is 5.58 Å². The first-order valence-electron chi connectivity index (χ1n) is 9.36. The molecule has 0 spiro atoms. The van der Waals surface area contributed by atoms with E-state index in [9.17, 15) is 4.79 Å². The Labute approximate surface area is 159 Å². The summed E-state index contributed by atoms with van der Waals surface area (Å²) >= 11 is 0. The van der Waals surface area contributed by atoms with Crippen LogP contribution >= 0.6 is 0 Å². The van der Waals surface area contributed by atoms with Gasteiger partial charge in [0, 0.05) is 17.5 Å². The van der Waals surface area contributed by atoms with E-state index in [1.165, 1.54) is 0 Å². The molecule has 0 saturated carbocycles. The average molecular weight is 360 g/mol. The van der Waals surface area contributed by atoms with E-state index in [-0.39, 0.29) is 5.63 Å². The first kappa shape index (κ1) is 18.9. The molecule has 0 aliphatic rings. The fourth-order valence-corrected chi connectivity index (χ4v) is 3.41. The quantitative estimate of drug-likeness (QED) is 0.606. The molecule has 0 atom stereocenters. The highest BCUT2D eigenvalue weighted by molar-refractivity contribution is 5.86. The topological polar surface area (TPSA) is 57.2 Å². The molecule has 0 fully saturated rings. The SMILES string of the molecule is CCN(CC)CCc1c(C)c2cc(-c3ccc(C#N)cc3)ccc2oc1=O. The van der Waals surface area contributed by atoms with Crippen LogP contribution in [0.1, 0.15) is 30.5 Å². The minimum atomic E-state index is -0.238. The Morgan fingerprint density at radius 1 is 1.04 bits per heavy atom. The number of benzene rings is 2. The molecule has 0 aliphatic heterocycles. The maximum absolute atomic E-state index is 12.5. The van der Waals surface area contributed by atoms with Crippen molar-refractivity contribution in [1.29, 1.82) is 5.26 Å². The van der Waals surface area contributed by atoms with E-state index in [4.69, 9.17) is 9.68 Å². The average Bonchev–Trinajstić information content (AvgIpc) is 2.70. The maximum Gasteiger partial charge on any atom is 0.339 e. The second-order valence-electron chi connectivity index (χ2n) is 6.67. The molecule has 0 N–H and O–H groups in total. The molecule has 4 heteroatoms. The van der Waals surface area contributed by atoms with Gasteiger partial charge in [0.05, 0.1) is 11.6 Å². The molecule has 0 saturated heterocycles. The molecule has 3 rings (SSSR count). The van der Waals surface area contributed by atoms with E-state index in [1.54, 1.807) is 0 Å². The molecule has 0 unspecified atom stereocenters. The summed E-state index contributed by atoms with van der Waals surface area (Å²) < 4.78 is 5.58. The van der Waals surface area contributed by atoms with Crippen LogP contribution in [0.25, 0.3) is 22.1 Å². The molecule has 1 aromatic heterocycles. The number of hydrogen-bond acceptors (Lipinski definition) is 4. The fourth-order valence-electron chi connectivity index (χ4n) is 3.41. The molecular formula is C23H24N2O2. The van der Waals surface area contributed by atoms with Crippen LogP contribution in [0.15, 0.2) is 51.7 Å². The van der Waals surface area contributed by atoms with Gasteiger partial charge >= 0.3 is 5.63 Å². The lowest BCUT2D eigenvalue weighted by Crippen LogP contribution is -2.27. The summed E-state index contributed by atoms with van der Waals surface area (Å²) in [5.74, 6) is 0. The maximum atomic E-state index is 12.5. The van der Waals surface area contributed by atoms with Crippen molar-refractivity contribution >= 4 is 11.0 Å². The van der Waals surface area contributed by atoms with Gasteiger partial charge in [-0.05, 0) is 67.4 Å². The van der Waals surface area contributed by atoms with Crippen LogP contribution < -0.4 is 5.63 Å². The van der Waals surface area contributed by atoms with E-state index >= 15 is 0 Å². The molecule has 0 amide bonds. The number of rotatable bonds is 6. The van der Waals surface area contributed by atoms with E-state index in [0.29, 0.717) is 17.6 Å². The van der Waals surface area contributed by atoms with Crippen molar-refractivity contribution in [1.82, 2.24) is 4.90 Å². The molecule has 3 aromatic rings. The Kier molecular flexibility index (Phi) is 5.73. The molecule has 0 bridgehead atoms. The van der Waals surface area contributed by atoms with Crippen molar-refractivity contribution in [3.8, 4) is 17.2 Å². The van der Waals surface area contributed by atoms with E-state index < -0.39 is 0 Å². The zero-order valence-corrected chi connectivity index (χ0v) is 16.1.